The molecule has 0 fully saturated rings. The van der Waals surface area contributed by atoms with Crippen LogP contribution in [0.25, 0.3) is 5.69 Å². The third kappa shape index (κ3) is 2.39. The molecule has 0 aliphatic rings. The van der Waals surface area contributed by atoms with Crippen LogP contribution in [0.3, 0.4) is 0 Å². The van der Waals surface area contributed by atoms with E-state index in [4.69, 9.17) is 9.84 Å². The van der Waals surface area contributed by atoms with Gasteiger partial charge in [-0.3, -0.25) is 4.79 Å². The summed E-state index contributed by atoms with van der Waals surface area (Å²) in [5.41, 5.74) is -0.898. The standard InChI is InChI=1S/C12H10N2O5/c1-19-8-4-2-3-7(5-8)14-10(16)6-9(15)11(13-14)12(17)18/h2-6,15H,1H3,(H,17,18). The lowest BCUT2D eigenvalue weighted by molar-refractivity contribution is 0.0684. The van der Waals surface area contributed by atoms with Gasteiger partial charge in [0.25, 0.3) is 5.56 Å². The monoisotopic (exact) mass is 262 g/mol. The lowest BCUT2D eigenvalue weighted by atomic mass is 10.3. The fraction of sp³-hybridized carbons (Fsp3) is 0.0833. The normalized spacial score (nSPS) is 10.2. The van der Waals surface area contributed by atoms with Crippen molar-refractivity contribution in [2.45, 2.75) is 0 Å². The van der Waals surface area contributed by atoms with E-state index in [1.54, 1.807) is 18.2 Å². The molecular formula is C12H10N2O5. The molecule has 2 aromatic rings. The van der Waals surface area contributed by atoms with Crippen LogP contribution in [-0.4, -0.2) is 33.1 Å². The van der Waals surface area contributed by atoms with Crippen LogP contribution in [-0.2, 0) is 0 Å². The molecule has 0 spiro atoms. The Balaban J connectivity index is 2.64. The second-order valence-electron chi connectivity index (χ2n) is 3.63. The molecule has 0 atom stereocenters. The Hall–Kier alpha value is -2.83. The van der Waals surface area contributed by atoms with Gasteiger partial charge >= 0.3 is 5.97 Å². The van der Waals surface area contributed by atoms with Crippen molar-refractivity contribution < 1.29 is 19.7 Å². The van der Waals surface area contributed by atoms with Crippen LogP contribution in [0.2, 0.25) is 0 Å². The van der Waals surface area contributed by atoms with Gasteiger partial charge in [0.05, 0.1) is 12.8 Å². The molecule has 98 valence electrons. The van der Waals surface area contributed by atoms with Crippen molar-refractivity contribution in [3.8, 4) is 17.2 Å². The van der Waals surface area contributed by atoms with Crippen molar-refractivity contribution in [2.24, 2.45) is 0 Å². The van der Waals surface area contributed by atoms with Gasteiger partial charge in [0.1, 0.15) is 5.75 Å². The number of aromatic hydroxyl groups is 1. The van der Waals surface area contributed by atoms with Gasteiger partial charge in [0.15, 0.2) is 5.75 Å². The Labute approximate surface area is 107 Å². The van der Waals surface area contributed by atoms with Crippen LogP contribution in [0, 0.1) is 0 Å². The van der Waals surface area contributed by atoms with Gasteiger partial charge in [-0.2, -0.15) is 9.78 Å². The molecule has 0 aliphatic carbocycles. The van der Waals surface area contributed by atoms with Gasteiger partial charge in [0.2, 0.25) is 5.69 Å². The van der Waals surface area contributed by atoms with Gasteiger partial charge in [-0.1, -0.05) is 6.07 Å². The summed E-state index contributed by atoms with van der Waals surface area (Å²) >= 11 is 0. The lowest BCUT2D eigenvalue weighted by Gasteiger charge is -2.07. The van der Waals surface area contributed by atoms with Crippen molar-refractivity contribution in [3.63, 3.8) is 0 Å². The number of hydrogen-bond acceptors (Lipinski definition) is 5. The van der Waals surface area contributed by atoms with E-state index in [1.165, 1.54) is 13.2 Å². The van der Waals surface area contributed by atoms with Crippen molar-refractivity contribution in [1.29, 1.82) is 0 Å². The highest BCUT2D eigenvalue weighted by Crippen LogP contribution is 2.16. The van der Waals surface area contributed by atoms with E-state index in [2.05, 4.69) is 5.10 Å². The molecule has 7 heteroatoms. The van der Waals surface area contributed by atoms with Gasteiger partial charge in [-0.15, -0.1) is 0 Å². The van der Waals surface area contributed by atoms with E-state index >= 15 is 0 Å². The Kier molecular flexibility index (Phi) is 3.19. The molecule has 2 N–H and O–H groups in total. The zero-order chi connectivity index (χ0) is 14.0. The minimum absolute atomic E-state index is 0.340. The van der Waals surface area contributed by atoms with Crippen LogP contribution in [0.15, 0.2) is 35.1 Å². The molecule has 0 radical (unpaired) electrons. The highest BCUT2D eigenvalue weighted by molar-refractivity contribution is 5.88. The second kappa shape index (κ2) is 4.81. The fourth-order valence-corrected chi connectivity index (χ4v) is 1.53. The van der Waals surface area contributed by atoms with Crippen molar-refractivity contribution in [1.82, 2.24) is 9.78 Å². The maximum atomic E-state index is 11.7. The minimum Gasteiger partial charge on any atom is -0.505 e. The van der Waals surface area contributed by atoms with E-state index in [9.17, 15) is 14.7 Å². The largest absolute Gasteiger partial charge is 0.505 e. The molecule has 0 saturated heterocycles. The quantitative estimate of drug-likeness (QED) is 0.841. The Morgan fingerprint density at radius 1 is 1.37 bits per heavy atom. The molecule has 1 heterocycles. The summed E-state index contributed by atoms with van der Waals surface area (Å²) < 4.78 is 5.89. The topological polar surface area (TPSA) is 102 Å². The number of carbonyl (C=O) groups is 1. The second-order valence-corrected chi connectivity index (χ2v) is 3.63. The van der Waals surface area contributed by atoms with E-state index in [1.807, 2.05) is 0 Å². The Morgan fingerprint density at radius 2 is 2.11 bits per heavy atom. The molecule has 2 rings (SSSR count). The van der Waals surface area contributed by atoms with Gasteiger partial charge in [-0.05, 0) is 12.1 Å². The highest BCUT2D eigenvalue weighted by Gasteiger charge is 2.15. The van der Waals surface area contributed by atoms with Crippen LogP contribution in [0.4, 0.5) is 0 Å². The first-order valence-electron chi connectivity index (χ1n) is 5.24. The number of aromatic carboxylic acids is 1. The first-order chi connectivity index (χ1) is 9.02. The molecular weight excluding hydrogens is 252 g/mol. The average molecular weight is 262 g/mol. The number of nitrogens with zero attached hydrogens (tertiary/aromatic N) is 2. The summed E-state index contributed by atoms with van der Waals surface area (Å²) in [5.74, 6) is -1.60. The van der Waals surface area contributed by atoms with E-state index in [-0.39, 0.29) is 0 Å². The molecule has 0 saturated carbocycles. The number of carboxylic acid groups (broad SMARTS) is 1. The molecule has 0 amide bonds. The average Bonchev–Trinajstić information content (AvgIpc) is 2.38. The third-order valence-corrected chi connectivity index (χ3v) is 2.41. The minimum atomic E-state index is -1.42. The van der Waals surface area contributed by atoms with E-state index < -0.39 is 23.0 Å². The fourth-order valence-electron chi connectivity index (χ4n) is 1.53. The maximum absolute atomic E-state index is 11.7. The molecule has 1 aromatic heterocycles. The third-order valence-electron chi connectivity index (χ3n) is 2.41. The SMILES string of the molecule is COc1cccc(-n2nc(C(=O)O)c(O)cc2=O)c1. The van der Waals surface area contributed by atoms with Crippen molar-refractivity contribution >= 4 is 5.97 Å². The van der Waals surface area contributed by atoms with Crippen molar-refractivity contribution in [3.05, 3.63) is 46.4 Å². The number of rotatable bonds is 3. The van der Waals surface area contributed by atoms with Crippen LogP contribution in [0.1, 0.15) is 10.5 Å². The predicted molar refractivity (Wildman–Crippen MR) is 65.0 cm³/mol. The van der Waals surface area contributed by atoms with Gasteiger partial charge < -0.3 is 14.9 Å². The van der Waals surface area contributed by atoms with Crippen LogP contribution < -0.4 is 10.3 Å². The summed E-state index contributed by atoms with van der Waals surface area (Å²) in [6.07, 6.45) is 0. The molecule has 0 bridgehead atoms. The molecule has 7 nitrogen and oxygen atoms in total. The van der Waals surface area contributed by atoms with Crippen LogP contribution in [0.5, 0.6) is 11.5 Å². The summed E-state index contributed by atoms with van der Waals surface area (Å²) in [6, 6.07) is 7.20. The van der Waals surface area contributed by atoms with E-state index in [0.717, 1.165) is 10.7 Å². The first kappa shape index (κ1) is 12.6. The highest BCUT2D eigenvalue weighted by atomic mass is 16.5. The van der Waals surface area contributed by atoms with Gasteiger partial charge in [-0.25, -0.2) is 4.79 Å². The summed E-state index contributed by atoms with van der Waals surface area (Å²) in [6.45, 7) is 0. The smallest absolute Gasteiger partial charge is 0.360 e. The zero-order valence-corrected chi connectivity index (χ0v) is 9.90. The maximum Gasteiger partial charge on any atom is 0.360 e. The number of carboxylic acids is 1. The molecule has 19 heavy (non-hydrogen) atoms. The van der Waals surface area contributed by atoms with Gasteiger partial charge in [0, 0.05) is 12.1 Å². The summed E-state index contributed by atoms with van der Waals surface area (Å²) in [4.78, 5) is 22.6. The number of ether oxygens (including phenoxy) is 1. The van der Waals surface area contributed by atoms with E-state index in [0.29, 0.717) is 11.4 Å². The molecule has 0 aliphatic heterocycles. The number of benzene rings is 1. The van der Waals surface area contributed by atoms with Crippen molar-refractivity contribution in [2.75, 3.05) is 7.11 Å². The molecule has 1 aromatic carbocycles. The Morgan fingerprint density at radius 3 is 2.74 bits per heavy atom. The first-order valence-corrected chi connectivity index (χ1v) is 5.24. The zero-order valence-electron chi connectivity index (χ0n) is 9.90. The number of aromatic nitrogens is 2. The lowest BCUT2D eigenvalue weighted by Crippen LogP contribution is -2.23. The number of methoxy groups -OCH3 is 1. The van der Waals surface area contributed by atoms with Crippen LogP contribution >= 0.6 is 0 Å². The predicted octanol–water partition coefficient (Wildman–Crippen LogP) is 0.645. The Bertz CT molecular complexity index is 693. The molecule has 0 unspecified atom stereocenters. The number of hydrogen-bond donors (Lipinski definition) is 2. The summed E-state index contributed by atoms with van der Waals surface area (Å²) in [7, 11) is 1.47. The summed E-state index contributed by atoms with van der Waals surface area (Å²) in [5, 5.41) is 21.8.